The molecule has 0 bridgehead atoms. The van der Waals surface area contributed by atoms with Crippen LogP contribution in [0.1, 0.15) is 38.5 Å². The molecule has 0 radical (unpaired) electrons. The maximum absolute atomic E-state index is 11.8. The molecule has 4 nitrogen and oxygen atoms in total. The second-order valence-electron chi connectivity index (χ2n) is 4.57. The predicted octanol–water partition coefficient (Wildman–Crippen LogP) is 0.551. The van der Waals surface area contributed by atoms with Crippen molar-refractivity contribution < 1.29 is 9.53 Å². The molecule has 15 heavy (non-hydrogen) atoms. The fraction of sp³-hybridized carbons (Fsp3) is 0.909. The summed E-state index contributed by atoms with van der Waals surface area (Å²) in [7, 11) is 0. The van der Waals surface area contributed by atoms with Gasteiger partial charge in [0, 0.05) is 18.7 Å². The Balaban J connectivity index is 1.81. The van der Waals surface area contributed by atoms with E-state index >= 15 is 0 Å². The zero-order valence-electron chi connectivity index (χ0n) is 9.08. The van der Waals surface area contributed by atoms with E-state index in [0.29, 0.717) is 0 Å². The van der Waals surface area contributed by atoms with E-state index in [4.69, 9.17) is 10.5 Å². The molecule has 1 saturated carbocycles. The Hall–Kier alpha value is -0.610. The van der Waals surface area contributed by atoms with E-state index in [1.165, 1.54) is 12.8 Å². The van der Waals surface area contributed by atoms with Crippen molar-refractivity contribution in [3.63, 3.8) is 0 Å². The number of rotatable bonds is 2. The molecule has 3 N–H and O–H groups in total. The van der Waals surface area contributed by atoms with Gasteiger partial charge in [0.15, 0.2) is 0 Å². The van der Waals surface area contributed by atoms with E-state index < -0.39 is 0 Å². The second kappa shape index (κ2) is 4.94. The van der Waals surface area contributed by atoms with Crippen LogP contribution in [0, 0.1) is 0 Å². The highest BCUT2D eigenvalue weighted by molar-refractivity contribution is 5.81. The summed E-state index contributed by atoms with van der Waals surface area (Å²) in [5.74, 6) is 0.0369. The largest absolute Gasteiger partial charge is 0.368 e. The van der Waals surface area contributed by atoms with Crippen molar-refractivity contribution in [2.45, 2.75) is 56.7 Å². The van der Waals surface area contributed by atoms with Gasteiger partial charge in [0.2, 0.25) is 5.91 Å². The fourth-order valence-electron chi connectivity index (χ4n) is 2.40. The van der Waals surface area contributed by atoms with Crippen molar-refractivity contribution in [1.82, 2.24) is 5.32 Å². The maximum atomic E-state index is 11.8. The first kappa shape index (κ1) is 10.9. The molecule has 0 spiro atoms. The van der Waals surface area contributed by atoms with E-state index in [1.807, 2.05) is 0 Å². The van der Waals surface area contributed by atoms with Gasteiger partial charge in [0.1, 0.15) is 6.10 Å². The molecule has 3 atom stereocenters. The zero-order chi connectivity index (χ0) is 10.7. The van der Waals surface area contributed by atoms with Crippen molar-refractivity contribution in [3.8, 4) is 0 Å². The number of ether oxygens (including phenoxy) is 1. The smallest absolute Gasteiger partial charge is 0.249 e. The van der Waals surface area contributed by atoms with Crippen molar-refractivity contribution in [2.75, 3.05) is 6.61 Å². The highest BCUT2D eigenvalue weighted by Gasteiger charge is 2.28. The molecule has 1 saturated heterocycles. The molecule has 0 aromatic heterocycles. The van der Waals surface area contributed by atoms with Crippen LogP contribution >= 0.6 is 0 Å². The Morgan fingerprint density at radius 1 is 1.20 bits per heavy atom. The maximum Gasteiger partial charge on any atom is 0.249 e. The minimum atomic E-state index is -0.223. The molecule has 0 unspecified atom stereocenters. The molecular formula is C11H20N2O2. The zero-order valence-corrected chi connectivity index (χ0v) is 9.08. The van der Waals surface area contributed by atoms with Gasteiger partial charge < -0.3 is 15.8 Å². The van der Waals surface area contributed by atoms with Crippen LogP contribution in [0.3, 0.4) is 0 Å². The first-order valence-corrected chi connectivity index (χ1v) is 5.95. The van der Waals surface area contributed by atoms with E-state index in [1.54, 1.807) is 0 Å². The molecule has 1 aliphatic heterocycles. The van der Waals surface area contributed by atoms with Crippen molar-refractivity contribution in [1.29, 1.82) is 0 Å². The van der Waals surface area contributed by atoms with Crippen molar-refractivity contribution in [2.24, 2.45) is 5.73 Å². The lowest BCUT2D eigenvalue weighted by Crippen LogP contribution is -2.51. The van der Waals surface area contributed by atoms with Crippen molar-refractivity contribution >= 4 is 5.91 Å². The summed E-state index contributed by atoms with van der Waals surface area (Å²) in [5.41, 5.74) is 5.97. The van der Waals surface area contributed by atoms with Crippen LogP contribution in [-0.4, -0.2) is 30.7 Å². The SMILES string of the molecule is N[C@H]1CCCC[C@H]1NC(=O)[C@H]1CCCO1. The molecule has 2 fully saturated rings. The van der Waals surface area contributed by atoms with Crippen LogP contribution in [0.15, 0.2) is 0 Å². The average molecular weight is 212 g/mol. The van der Waals surface area contributed by atoms with Gasteiger partial charge in [0.25, 0.3) is 0 Å². The van der Waals surface area contributed by atoms with E-state index in [9.17, 15) is 4.79 Å². The van der Waals surface area contributed by atoms with E-state index in [2.05, 4.69) is 5.32 Å². The minimum Gasteiger partial charge on any atom is -0.368 e. The quantitative estimate of drug-likeness (QED) is 0.702. The molecule has 4 heteroatoms. The number of carbonyl (C=O) groups is 1. The summed E-state index contributed by atoms with van der Waals surface area (Å²) in [6.07, 6.45) is 6.02. The summed E-state index contributed by atoms with van der Waals surface area (Å²) >= 11 is 0. The van der Waals surface area contributed by atoms with Crippen LogP contribution in [0.4, 0.5) is 0 Å². The second-order valence-corrected chi connectivity index (χ2v) is 4.57. The lowest BCUT2D eigenvalue weighted by atomic mass is 9.91. The Bertz CT molecular complexity index is 227. The van der Waals surface area contributed by atoms with Gasteiger partial charge in [0.05, 0.1) is 0 Å². The van der Waals surface area contributed by atoms with Crippen LogP contribution in [0.25, 0.3) is 0 Å². The molecule has 1 heterocycles. The third-order valence-corrected chi connectivity index (χ3v) is 3.37. The summed E-state index contributed by atoms with van der Waals surface area (Å²) in [4.78, 5) is 11.8. The predicted molar refractivity (Wildman–Crippen MR) is 57.3 cm³/mol. The van der Waals surface area contributed by atoms with Gasteiger partial charge in [-0.3, -0.25) is 4.79 Å². The van der Waals surface area contributed by atoms with Gasteiger partial charge in [-0.25, -0.2) is 0 Å². The number of nitrogens with one attached hydrogen (secondary N) is 1. The summed E-state index contributed by atoms with van der Waals surface area (Å²) < 4.78 is 5.34. The van der Waals surface area contributed by atoms with Gasteiger partial charge >= 0.3 is 0 Å². The molecular weight excluding hydrogens is 192 g/mol. The molecule has 0 aromatic carbocycles. The van der Waals surface area contributed by atoms with Crippen molar-refractivity contribution in [3.05, 3.63) is 0 Å². The van der Waals surface area contributed by atoms with Gasteiger partial charge in [-0.15, -0.1) is 0 Å². The van der Waals surface area contributed by atoms with Gasteiger partial charge in [-0.2, -0.15) is 0 Å². The molecule has 2 aliphatic rings. The van der Waals surface area contributed by atoms with Crippen LogP contribution in [0.5, 0.6) is 0 Å². The number of nitrogens with two attached hydrogens (primary N) is 1. The Morgan fingerprint density at radius 2 is 2.00 bits per heavy atom. The Morgan fingerprint density at radius 3 is 2.67 bits per heavy atom. The summed E-state index contributed by atoms with van der Waals surface area (Å²) in [6.45, 7) is 0.717. The first-order chi connectivity index (χ1) is 7.27. The van der Waals surface area contributed by atoms with Gasteiger partial charge in [-0.05, 0) is 25.7 Å². The third kappa shape index (κ3) is 2.69. The molecule has 1 amide bonds. The summed E-state index contributed by atoms with van der Waals surface area (Å²) in [6, 6.07) is 0.291. The topological polar surface area (TPSA) is 64.3 Å². The van der Waals surface area contributed by atoms with Crippen LogP contribution < -0.4 is 11.1 Å². The van der Waals surface area contributed by atoms with Crippen LogP contribution in [-0.2, 0) is 9.53 Å². The first-order valence-electron chi connectivity index (χ1n) is 5.95. The fourth-order valence-corrected chi connectivity index (χ4v) is 2.40. The molecule has 2 rings (SSSR count). The van der Waals surface area contributed by atoms with Crippen LogP contribution in [0.2, 0.25) is 0 Å². The highest BCUT2D eigenvalue weighted by atomic mass is 16.5. The normalized spacial score (nSPS) is 36.5. The third-order valence-electron chi connectivity index (χ3n) is 3.37. The lowest BCUT2D eigenvalue weighted by molar-refractivity contribution is -0.131. The molecule has 0 aromatic rings. The highest BCUT2D eigenvalue weighted by Crippen LogP contribution is 2.18. The number of hydrogen-bond acceptors (Lipinski definition) is 3. The number of amides is 1. The lowest BCUT2D eigenvalue weighted by Gasteiger charge is -2.30. The number of carbonyl (C=O) groups excluding carboxylic acids is 1. The minimum absolute atomic E-state index is 0.0369. The average Bonchev–Trinajstić information content (AvgIpc) is 2.74. The van der Waals surface area contributed by atoms with E-state index in [0.717, 1.165) is 32.3 Å². The standard InChI is InChI=1S/C11H20N2O2/c12-8-4-1-2-5-9(8)13-11(14)10-6-3-7-15-10/h8-10H,1-7,12H2,(H,13,14)/t8-,9+,10+/m0/s1. The van der Waals surface area contributed by atoms with Gasteiger partial charge in [-0.1, -0.05) is 12.8 Å². The Kier molecular flexibility index (Phi) is 3.59. The van der Waals surface area contributed by atoms with E-state index in [-0.39, 0.29) is 24.1 Å². The Labute approximate surface area is 90.5 Å². The number of hydrogen-bond donors (Lipinski definition) is 2. The molecule has 86 valence electrons. The summed E-state index contributed by atoms with van der Waals surface area (Å²) in [5, 5.41) is 3.02. The monoisotopic (exact) mass is 212 g/mol. The molecule has 1 aliphatic carbocycles.